The lowest BCUT2D eigenvalue weighted by atomic mass is 10.3. The zero-order chi connectivity index (χ0) is 14.4. The van der Waals surface area contributed by atoms with E-state index in [1.807, 2.05) is 12.4 Å². The fourth-order valence-electron chi connectivity index (χ4n) is 2.15. The highest BCUT2D eigenvalue weighted by atomic mass is 16.3. The first-order chi connectivity index (χ1) is 9.65. The molecule has 20 heavy (non-hydrogen) atoms. The van der Waals surface area contributed by atoms with Gasteiger partial charge in [0.2, 0.25) is 5.95 Å². The lowest BCUT2D eigenvalue weighted by Gasteiger charge is -2.32. The summed E-state index contributed by atoms with van der Waals surface area (Å²) < 4.78 is 0. The van der Waals surface area contributed by atoms with Gasteiger partial charge < -0.3 is 20.2 Å². The third-order valence-corrected chi connectivity index (χ3v) is 3.55. The minimum atomic E-state index is -0.252. The van der Waals surface area contributed by atoms with Gasteiger partial charge in [-0.2, -0.15) is 0 Å². The van der Waals surface area contributed by atoms with Crippen molar-refractivity contribution >= 4 is 5.95 Å². The first kappa shape index (κ1) is 15.2. The number of rotatable bonds is 6. The molecule has 1 aliphatic heterocycles. The van der Waals surface area contributed by atoms with Crippen molar-refractivity contribution in [3.63, 3.8) is 0 Å². The van der Waals surface area contributed by atoms with Gasteiger partial charge in [-0.3, -0.25) is 0 Å². The molecule has 1 unspecified atom stereocenters. The number of aliphatic hydroxyl groups excluding tert-OH is 1. The van der Waals surface area contributed by atoms with Gasteiger partial charge >= 0.3 is 0 Å². The van der Waals surface area contributed by atoms with Crippen molar-refractivity contribution in [1.29, 1.82) is 0 Å². The van der Waals surface area contributed by atoms with Crippen LogP contribution in [-0.4, -0.2) is 65.8 Å². The Bertz CT molecular complexity index is 387. The smallest absolute Gasteiger partial charge is 0.225 e. The molecule has 0 radical (unpaired) electrons. The Morgan fingerprint density at radius 3 is 2.50 bits per heavy atom. The maximum atomic E-state index is 9.18. The maximum absolute atomic E-state index is 9.18. The molecule has 0 aromatic carbocycles. The number of aliphatic hydroxyl groups is 1. The average Bonchev–Trinajstić information content (AvgIpc) is 2.45. The molecular formula is C14H25N5O. The molecule has 1 atom stereocenters. The first-order valence-corrected chi connectivity index (χ1v) is 7.28. The number of nitrogens with zero attached hydrogens (tertiary/aromatic N) is 4. The van der Waals surface area contributed by atoms with Gasteiger partial charge in [-0.15, -0.1) is 0 Å². The van der Waals surface area contributed by atoms with E-state index in [4.69, 9.17) is 0 Å². The van der Waals surface area contributed by atoms with E-state index in [1.165, 1.54) is 0 Å². The maximum Gasteiger partial charge on any atom is 0.225 e. The Hall–Kier alpha value is -1.24. The summed E-state index contributed by atoms with van der Waals surface area (Å²) in [5.41, 5.74) is 1.08. The zero-order valence-corrected chi connectivity index (χ0v) is 12.4. The van der Waals surface area contributed by atoms with Crippen LogP contribution in [0, 0.1) is 0 Å². The Morgan fingerprint density at radius 1 is 1.25 bits per heavy atom. The molecule has 0 amide bonds. The monoisotopic (exact) mass is 279 g/mol. The lowest BCUT2D eigenvalue weighted by molar-refractivity contribution is 0.183. The van der Waals surface area contributed by atoms with E-state index in [2.05, 4.69) is 32.1 Å². The molecule has 2 N–H and O–H groups in total. The van der Waals surface area contributed by atoms with Gasteiger partial charge in [0.05, 0.1) is 6.10 Å². The van der Waals surface area contributed by atoms with E-state index in [0.717, 1.165) is 57.2 Å². The van der Waals surface area contributed by atoms with Gasteiger partial charge in [0.1, 0.15) is 0 Å². The molecule has 6 heteroatoms. The number of hydrogen-bond donors (Lipinski definition) is 2. The van der Waals surface area contributed by atoms with Gasteiger partial charge in [-0.25, -0.2) is 9.97 Å². The summed E-state index contributed by atoms with van der Waals surface area (Å²) in [6, 6.07) is 0. The number of anilines is 1. The number of likely N-dealkylation sites (N-methyl/N-ethyl adjacent to an activating group) is 1. The van der Waals surface area contributed by atoms with Crippen molar-refractivity contribution < 1.29 is 5.11 Å². The Kier molecular flexibility index (Phi) is 5.70. The van der Waals surface area contributed by atoms with Gasteiger partial charge in [0, 0.05) is 50.7 Å². The SMILES string of the molecule is CC(O)CCNCc1cnc(N2CCN(C)CC2)nc1. The Morgan fingerprint density at radius 2 is 1.90 bits per heavy atom. The fourth-order valence-corrected chi connectivity index (χ4v) is 2.15. The van der Waals surface area contributed by atoms with E-state index in [1.54, 1.807) is 6.92 Å². The number of hydrogen-bond acceptors (Lipinski definition) is 6. The predicted octanol–water partition coefficient (Wildman–Crippen LogP) is 0.0889. The van der Waals surface area contributed by atoms with Crippen molar-refractivity contribution in [1.82, 2.24) is 20.2 Å². The highest BCUT2D eigenvalue weighted by Gasteiger charge is 2.15. The van der Waals surface area contributed by atoms with Crippen LogP contribution < -0.4 is 10.2 Å². The Labute approximate surface area is 120 Å². The van der Waals surface area contributed by atoms with E-state index in [-0.39, 0.29) is 6.10 Å². The van der Waals surface area contributed by atoms with Crippen molar-refractivity contribution in [3.8, 4) is 0 Å². The molecule has 1 aromatic rings. The van der Waals surface area contributed by atoms with Gasteiger partial charge in [-0.05, 0) is 26.9 Å². The molecule has 1 aromatic heterocycles. The molecular weight excluding hydrogens is 254 g/mol. The van der Waals surface area contributed by atoms with Crippen molar-refractivity contribution in [3.05, 3.63) is 18.0 Å². The summed E-state index contributed by atoms with van der Waals surface area (Å²) in [5.74, 6) is 0.825. The molecule has 0 spiro atoms. The molecule has 1 aliphatic rings. The van der Waals surface area contributed by atoms with E-state index >= 15 is 0 Å². The number of nitrogens with one attached hydrogen (secondary N) is 1. The molecule has 6 nitrogen and oxygen atoms in total. The van der Waals surface area contributed by atoms with Gasteiger partial charge in [0.25, 0.3) is 0 Å². The van der Waals surface area contributed by atoms with Crippen LogP contribution in [0.3, 0.4) is 0 Å². The van der Waals surface area contributed by atoms with Gasteiger partial charge in [-0.1, -0.05) is 0 Å². The summed E-state index contributed by atoms with van der Waals surface area (Å²) in [6.45, 7) is 7.45. The van der Waals surface area contributed by atoms with Crippen molar-refractivity contribution in [2.24, 2.45) is 0 Å². The van der Waals surface area contributed by atoms with Crippen LogP contribution in [0.1, 0.15) is 18.9 Å². The minimum absolute atomic E-state index is 0.252. The first-order valence-electron chi connectivity index (χ1n) is 7.28. The highest BCUT2D eigenvalue weighted by molar-refractivity contribution is 5.30. The number of aromatic nitrogens is 2. The molecule has 0 saturated carbocycles. The predicted molar refractivity (Wildman–Crippen MR) is 79.7 cm³/mol. The average molecular weight is 279 g/mol. The van der Waals surface area contributed by atoms with Crippen LogP contribution in [0.25, 0.3) is 0 Å². The van der Waals surface area contributed by atoms with Gasteiger partial charge in [0.15, 0.2) is 0 Å². The second-order valence-electron chi connectivity index (χ2n) is 5.50. The van der Waals surface area contributed by atoms with Crippen LogP contribution >= 0.6 is 0 Å². The summed E-state index contributed by atoms with van der Waals surface area (Å²) in [7, 11) is 2.14. The summed E-state index contributed by atoms with van der Waals surface area (Å²) in [6.07, 6.45) is 4.28. The quantitative estimate of drug-likeness (QED) is 0.720. The molecule has 0 bridgehead atoms. The van der Waals surface area contributed by atoms with Crippen LogP contribution in [0.4, 0.5) is 5.95 Å². The summed E-state index contributed by atoms with van der Waals surface area (Å²) in [4.78, 5) is 13.4. The van der Waals surface area contributed by atoms with E-state index in [9.17, 15) is 5.11 Å². The zero-order valence-electron chi connectivity index (χ0n) is 12.4. The molecule has 2 rings (SSSR count). The summed E-state index contributed by atoms with van der Waals surface area (Å²) in [5, 5.41) is 12.5. The molecule has 2 heterocycles. The minimum Gasteiger partial charge on any atom is -0.393 e. The largest absolute Gasteiger partial charge is 0.393 e. The molecule has 112 valence electrons. The third kappa shape index (κ3) is 4.70. The standard InChI is InChI=1S/C14H25N5O/c1-12(20)3-4-15-9-13-10-16-14(17-11-13)19-7-5-18(2)6-8-19/h10-12,15,20H,3-9H2,1-2H3. The second kappa shape index (κ2) is 7.52. The van der Waals surface area contributed by atoms with E-state index < -0.39 is 0 Å². The topological polar surface area (TPSA) is 64.5 Å². The molecule has 1 saturated heterocycles. The highest BCUT2D eigenvalue weighted by Crippen LogP contribution is 2.09. The van der Waals surface area contributed by atoms with Crippen LogP contribution in [-0.2, 0) is 6.54 Å². The normalized spacial score (nSPS) is 18.2. The summed E-state index contributed by atoms with van der Waals surface area (Å²) >= 11 is 0. The Balaban J connectivity index is 1.77. The number of piperazine rings is 1. The van der Waals surface area contributed by atoms with Crippen LogP contribution in [0.2, 0.25) is 0 Å². The van der Waals surface area contributed by atoms with E-state index in [0.29, 0.717) is 0 Å². The molecule has 0 aliphatic carbocycles. The lowest BCUT2D eigenvalue weighted by Crippen LogP contribution is -2.45. The van der Waals surface area contributed by atoms with Crippen molar-refractivity contribution in [2.75, 3.05) is 44.7 Å². The fraction of sp³-hybridized carbons (Fsp3) is 0.714. The van der Waals surface area contributed by atoms with Crippen LogP contribution in [0.5, 0.6) is 0 Å². The third-order valence-electron chi connectivity index (χ3n) is 3.55. The second-order valence-corrected chi connectivity index (χ2v) is 5.50. The van der Waals surface area contributed by atoms with Crippen LogP contribution in [0.15, 0.2) is 12.4 Å². The van der Waals surface area contributed by atoms with Crippen molar-refractivity contribution in [2.45, 2.75) is 26.0 Å². The molecule has 1 fully saturated rings.